The van der Waals surface area contributed by atoms with Crippen molar-refractivity contribution in [3.8, 4) is 0 Å². The fourth-order valence-corrected chi connectivity index (χ4v) is 8.45. The predicted molar refractivity (Wildman–Crippen MR) is 100 cm³/mol. The van der Waals surface area contributed by atoms with Gasteiger partial charge in [-0.25, -0.2) is 9.59 Å². The average molecular weight is 465 g/mol. The van der Waals surface area contributed by atoms with Crippen molar-refractivity contribution >= 4 is 17.9 Å². The van der Waals surface area contributed by atoms with E-state index >= 15 is 0 Å². The van der Waals surface area contributed by atoms with Gasteiger partial charge < -0.3 is 34.3 Å². The number of carbonyl (C=O) groups is 3. The molecule has 13 nitrogen and oxygen atoms in total. The molecule has 6 fully saturated rings. The van der Waals surface area contributed by atoms with E-state index in [1.807, 2.05) is 0 Å². The molecule has 0 aromatic carbocycles. The largest absolute Gasteiger partial charge is 0.459 e. The molecule has 0 aromatic heterocycles. The summed E-state index contributed by atoms with van der Waals surface area (Å²) >= 11 is 0. The SMILES string of the molecule is C[C@@H]1C(=O)O[C@H]2[C@H](O)C34C5OC(=O)[C@@]3(OC3OC(=O)[C@H](O)C34[C@H](C(C)(C)C)[C@@H]5N=[N+]=[N-])[C@@]12O. The van der Waals surface area contributed by atoms with E-state index in [1.54, 1.807) is 20.8 Å². The lowest BCUT2D eigenvalue weighted by atomic mass is 9.51. The molecule has 178 valence electrons. The summed E-state index contributed by atoms with van der Waals surface area (Å²) in [4.78, 5) is 41.6. The summed E-state index contributed by atoms with van der Waals surface area (Å²) < 4.78 is 22.5. The van der Waals surface area contributed by atoms with Crippen LogP contribution >= 0.6 is 0 Å². The van der Waals surface area contributed by atoms with Gasteiger partial charge in [0.05, 0.1) is 22.8 Å². The zero-order valence-corrected chi connectivity index (χ0v) is 18.2. The first-order valence-electron chi connectivity index (χ1n) is 10.7. The first kappa shape index (κ1) is 21.1. The minimum Gasteiger partial charge on any atom is -0.459 e. The Hall–Kier alpha value is -2.44. The highest BCUT2D eigenvalue weighted by atomic mass is 16.8. The molecule has 4 unspecified atom stereocenters. The Morgan fingerprint density at radius 3 is 2.33 bits per heavy atom. The molecule has 33 heavy (non-hydrogen) atoms. The van der Waals surface area contributed by atoms with Crippen molar-refractivity contribution in [3.05, 3.63) is 10.4 Å². The maximum absolute atomic E-state index is 13.6. The van der Waals surface area contributed by atoms with E-state index in [2.05, 4.69) is 10.0 Å². The third-order valence-electron chi connectivity index (χ3n) is 9.13. The van der Waals surface area contributed by atoms with Gasteiger partial charge in [0, 0.05) is 4.91 Å². The van der Waals surface area contributed by atoms with E-state index in [4.69, 9.17) is 18.9 Å². The van der Waals surface area contributed by atoms with Crippen molar-refractivity contribution in [2.45, 2.75) is 75.6 Å². The number of hydrogen-bond acceptors (Lipinski definition) is 11. The summed E-state index contributed by atoms with van der Waals surface area (Å²) in [5.74, 6) is -5.23. The Kier molecular flexibility index (Phi) is 3.48. The first-order chi connectivity index (χ1) is 15.3. The number of fused-ring (bicyclic) bond motifs is 1. The number of esters is 3. The Bertz CT molecular complexity index is 1080. The summed E-state index contributed by atoms with van der Waals surface area (Å²) in [7, 11) is 0. The maximum Gasteiger partial charge on any atom is 0.343 e. The van der Waals surface area contributed by atoms with Crippen LogP contribution in [-0.4, -0.2) is 81.2 Å². The zero-order valence-electron chi connectivity index (χ0n) is 18.2. The number of hydrogen-bond donors (Lipinski definition) is 3. The highest BCUT2D eigenvalue weighted by Gasteiger charge is 3.05. The number of rotatable bonds is 1. The molecule has 0 aromatic rings. The summed E-state index contributed by atoms with van der Waals surface area (Å²) in [6, 6.07) is -1.15. The summed E-state index contributed by atoms with van der Waals surface area (Å²) in [6.45, 7) is 6.66. The molecule has 4 aliphatic heterocycles. The van der Waals surface area contributed by atoms with Gasteiger partial charge in [-0.05, 0) is 23.8 Å². The minimum atomic E-state index is -2.42. The third kappa shape index (κ3) is 1.60. The van der Waals surface area contributed by atoms with Gasteiger partial charge in [0.1, 0.15) is 12.2 Å². The highest BCUT2D eigenvalue weighted by molar-refractivity contribution is 5.94. The summed E-state index contributed by atoms with van der Waals surface area (Å²) in [6.07, 6.45) is -8.31. The molecule has 4 saturated heterocycles. The van der Waals surface area contributed by atoms with Gasteiger partial charge >= 0.3 is 17.9 Å². The normalized spacial score (nSPS) is 57.6. The van der Waals surface area contributed by atoms with E-state index in [0.29, 0.717) is 0 Å². The lowest BCUT2D eigenvalue weighted by molar-refractivity contribution is -0.239. The number of aliphatic hydroxyl groups excluding tert-OH is 2. The van der Waals surface area contributed by atoms with Crippen LogP contribution in [0.4, 0.5) is 0 Å². The molecule has 6 rings (SSSR count). The van der Waals surface area contributed by atoms with Crippen LogP contribution < -0.4 is 0 Å². The van der Waals surface area contributed by atoms with Gasteiger partial charge in [0.25, 0.3) is 0 Å². The van der Waals surface area contributed by atoms with Gasteiger partial charge in [-0.3, -0.25) is 4.79 Å². The smallest absolute Gasteiger partial charge is 0.343 e. The number of azide groups is 1. The van der Waals surface area contributed by atoms with Gasteiger partial charge in [0.15, 0.2) is 17.8 Å². The van der Waals surface area contributed by atoms with E-state index in [0.717, 1.165) is 0 Å². The Morgan fingerprint density at radius 2 is 1.73 bits per heavy atom. The van der Waals surface area contributed by atoms with Crippen molar-refractivity contribution in [3.63, 3.8) is 0 Å². The highest BCUT2D eigenvalue weighted by Crippen LogP contribution is 2.84. The topological polar surface area (TPSA) is 198 Å². The van der Waals surface area contributed by atoms with Crippen molar-refractivity contribution < 1.29 is 48.7 Å². The molecular formula is C20H23N3O10. The van der Waals surface area contributed by atoms with Crippen LogP contribution in [0.1, 0.15) is 27.7 Å². The standard InChI is InChI=1S/C20H23N3O10/c1-5-12(26)30-11-8(24)18-10-6(22-23-21)7(16(2,3)4)17(18)9(25)13(27)32-15(17)33-20(18,14(28)31-10)19(5,11)29/h5-11,15,24-25,29H,1-4H3/t5-,6+,7+,8+,9+,10?,11+,15?,17?,18?,19-,20+/m1/s1. The molecule has 12 atom stereocenters. The van der Waals surface area contributed by atoms with E-state index in [-0.39, 0.29) is 0 Å². The van der Waals surface area contributed by atoms with Crippen LogP contribution in [-0.2, 0) is 33.3 Å². The molecule has 0 bridgehead atoms. The Morgan fingerprint density at radius 1 is 1.06 bits per heavy atom. The van der Waals surface area contributed by atoms with Crippen molar-refractivity contribution in [2.75, 3.05) is 0 Å². The molecule has 2 saturated carbocycles. The number of nitrogens with zero attached hydrogens (tertiary/aromatic N) is 3. The van der Waals surface area contributed by atoms with Crippen LogP contribution in [0.2, 0.25) is 0 Å². The summed E-state index contributed by atoms with van der Waals surface area (Å²) in [5.41, 5.74) is -0.138. The monoisotopic (exact) mass is 465 g/mol. The molecule has 2 spiro atoms. The summed E-state index contributed by atoms with van der Waals surface area (Å²) in [5, 5.41) is 39.0. The number of ether oxygens (including phenoxy) is 4. The minimum absolute atomic E-state index is 0.806. The molecule has 13 heteroatoms. The predicted octanol–water partition coefficient (Wildman–Crippen LogP) is -1.08. The fraction of sp³-hybridized carbons (Fsp3) is 0.850. The lowest BCUT2D eigenvalue weighted by Gasteiger charge is -2.47. The second-order valence-corrected chi connectivity index (χ2v) is 11.0. The molecule has 0 radical (unpaired) electrons. The number of aliphatic hydroxyl groups is 3. The van der Waals surface area contributed by atoms with Crippen LogP contribution in [0.25, 0.3) is 10.4 Å². The van der Waals surface area contributed by atoms with Gasteiger partial charge in [-0.15, -0.1) is 0 Å². The molecule has 0 amide bonds. The van der Waals surface area contributed by atoms with Crippen LogP contribution in [0.15, 0.2) is 5.11 Å². The van der Waals surface area contributed by atoms with Gasteiger partial charge in [0.2, 0.25) is 11.9 Å². The van der Waals surface area contributed by atoms with E-state index in [1.165, 1.54) is 6.92 Å². The third-order valence-corrected chi connectivity index (χ3v) is 9.13. The van der Waals surface area contributed by atoms with Crippen LogP contribution in [0.3, 0.4) is 0 Å². The fourth-order valence-electron chi connectivity index (χ4n) is 8.45. The van der Waals surface area contributed by atoms with Gasteiger partial charge in [-0.2, -0.15) is 0 Å². The zero-order chi connectivity index (χ0) is 24.1. The first-order valence-corrected chi connectivity index (χ1v) is 10.7. The Balaban J connectivity index is 1.76. The second kappa shape index (κ2) is 5.44. The second-order valence-electron chi connectivity index (χ2n) is 11.0. The quantitative estimate of drug-likeness (QED) is 0.141. The van der Waals surface area contributed by atoms with E-state index < -0.39 is 93.9 Å². The van der Waals surface area contributed by atoms with Crippen LogP contribution in [0.5, 0.6) is 0 Å². The lowest BCUT2D eigenvalue weighted by Crippen LogP contribution is -2.67. The molecule has 2 aliphatic carbocycles. The molecule has 4 heterocycles. The van der Waals surface area contributed by atoms with Crippen LogP contribution in [0, 0.1) is 28.1 Å². The molecular weight excluding hydrogens is 442 g/mol. The van der Waals surface area contributed by atoms with E-state index in [9.17, 15) is 35.2 Å². The molecule has 6 aliphatic rings. The molecule has 3 N–H and O–H groups in total. The number of carbonyl (C=O) groups excluding carboxylic acids is 3. The van der Waals surface area contributed by atoms with Crippen molar-refractivity contribution in [1.29, 1.82) is 0 Å². The maximum atomic E-state index is 13.6. The average Bonchev–Trinajstić information content (AvgIpc) is 3.41. The van der Waals surface area contributed by atoms with Crippen molar-refractivity contribution in [1.82, 2.24) is 0 Å². The van der Waals surface area contributed by atoms with Crippen molar-refractivity contribution in [2.24, 2.45) is 33.2 Å². The van der Waals surface area contributed by atoms with Gasteiger partial charge in [-0.1, -0.05) is 25.9 Å². The Labute approximate surface area is 186 Å².